The van der Waals surface area contributed by atoms with Gasteiger partial charge in [-0.1, -0.05) is 5.16 Å². The van der Waals surface area contributed by atoms with Gasteiger partial charge in [0.25, 0.3) is 5.91 Å². The lowest BCUT2D eigenvalue weighted by Crippen LogP contribution is -2.32. The van der Waals surface area contributed by atoms with Gasteiger partial charge in [-0.3, -0.25) is 4.79 Å². The number of nitrogens with zero attached hydrogens (tertiary/aromatic N) is 3. The Morgan fingerprint density at radius 2 is 2.23 bits per heavy atom. The number of ether oxygens (including phenoxy) is 1. The van der Waals surface area contributed by atoms with E-state index in [0.717, 1.165) is 15.3 Å². The number of thiophene rings is 1. The third-order valence-corrected chi connectivity index (χ3v) is 4.92. The smallest absolute Gasteiger partial charge is 0.255 e. The van der Waals surface area contributed by atoms with E-state index in [1.807, 2.05) is 19.9 Å². The number of carbonyl (C=O) groups is 1. The van der Waals surface area contributed by atoms with E-state index < -0.39 is 0 Å². The summed E-state index contributed by atoms with van der Waals surface area (Å²) in [5.41, 5.74) is 0.750. The summed E-state index contributed by atoms with van der Waals surface area (Å²) < 4.78 is 10.7. The van der Waals surface area contributed by atoms with Crippen LogP contribution >= 0.6 is 11.3 Å². The Hall–Kier alpha value is -1.73. The summed E-state index contributed by atoms with van der Waals surface area (Å²) >= 11 is 1.63. The quantitative estimate of drug-likeness (QED) is 0.869. The predicted molar refractivity (Wildman–Crippen MR) is 82.0 cm³/mol. The van der Waals surface area contributed by atoms with Crippen LogP contribution in [0.2, 0.25) is 0 Å². The van der Waals surface area contributed by atoms with Crippen LogP contribution in [0.25, 0.3) is 0 Å². The molecular weight excluding hydrogens is 302 g/mol. The van der Waals surface area contributed by atoms with Crippen molar-refractivity contribution in [2.45, 2.75) is 39.3 Å². The van der Waals surface area contributed by atoms with Crippen LogP contribution in [0, 0.1) is 20.8 Å². The van der Waals surface area contributed by atoms with Gasteiger partial charge in [0, 0.05) is 29.8 Å². The molecule has 6 nitrogen and oxygen atoms in total. The highest BCUT2D eigenvalue weighted by molar-refractivity contribution is 7.12. The second-order valence-electron chi connectivity index (χ2n) is 5.57. The SMILES string of the molecule is CO[C@H]1C[C@H](c2nc(C)no2)N(C(=O)c2cc(C)sc2C)C1. The number of likely N-dealkylation sites (tertiary alicyclic amines) is 1. The molecule has 3 rings (SSSR count). The van der Waals surface area contributed by atoms with Gasteiger partial charge in [0.2, 0.25) is 5.89 Å². The summed E-state index contributed by atoms with van der Waals surface area (Å²) in [6.07, 6.45) is 0.660. The predicted octanol–water partition coefficient (Wildman–Crippen LogP) is 2.66. The average Bonchev–Trinajstić information content (AvgIpc) is 3.16. The molecule has 0 bridgehead atoms. The van der Waals surface area contributed by atoms with E-state index >= 15 is 0 Å². The molecule has 2 atom stereocenters. The number of hydrogen-bond acceptors (Lipinski definition) is 6. The minimum absolute atomic E-state index is 0.00209. The number of rotatable bonds is 3. The van der Waals surface area contributed by atoms with Crippen LogP contribution in [0.15, 0.2) is 10.6 Å². The molecule has 1 amide bonds. The largest absolute Gasteiger partial charge is 0.380 e. The van der Waals surface area contributed by atoms with E-state index in [1.165, 1.54) is 0 Å². The Bertz CT molecular complexity index is 694. The molecule has 0 saturated carbocycles. The molecule has 0 spiro atoms. The summed E-state index contributed by atoms with van der Waals surface area (Å²) in [7, 11) is 1.66. The molecule has 1 saturated heterocycles. The van der Waals surface area contributed by atoms with Gasteiger partial charge >= 0.3 is 0 Å². The van der Waals surface area contributed by atoms with Gasteiger partial charge in [-0.2, -0.15) is 4.98 Å². The minimum Gasteiger partial charge on any atom is -0.380 e. The van der Waals surface area contributed by atoms with Crippen molar-refractivity contribution in [1.29, 1.82) is 0 Å². The van der Waals surface area contributed by atoms with Crippen molar-refractivity contribution < 1.29 is 14.1 Å². The molecule has 1 aliphatic rings. The summed E-state index contributed by atoms with van der Waals surface area (Å²) in [5.74, 6) is 1.06. The maximum Gasteiger partial charge on any atom is 0.255 e. The van der Waals surface area contributed by atoms with Crippen LogP contribution in [-0.4, -0.2) is 40.7 Å². The Morgan fingerprint density at radius 1 is 1.45 bits per heavy atom. The van der Waals surface area contributed by atoms with E-state index in [2.05, 4.69) is 10.1 Å². The van der Waals surface area contributed by atoms with Crippen molar-refractivity contribution in [2.24, 2.45) is 0 Å². The number of amides is 1. The highest BCUT2D eigenvalue weighted by atomic mass is 32.1. The fraction of sp³-hybridized carbons (Fsp3) is 0.533. The third kappa shape index (κ3) is 2.66. The number of carbonyl (C=O) groups excluding carboxylic acids is 1. The molecular formula is C15H19N3O3S. The number of hydrogen-bond donors (Lipinski definition) is 0. The van der Waals surface area contributed by atoms with Gasteiger partial charge in [-0.05, 0) is 26.8 Å². The molecule has 0 aliphatic carbocycles. The Morgan fingerprint density at radius 3 is 2.77 bits per heavy atom. The zero-order valence-electron chi connectivity index (χ0n) is 13.1. The minimum atomic E-state index is -0.224. The first kappa shape index (κ1) is 15.2. The zero-order chi connectivity index (χ0) is 15.9. The Balaban J connectivity index is 1.92. The molecule has 0 radical (unpaired) electrons. The van der Waals surface area contributed by atoms with Gasteiger partial charge in [0.1, 0.15) is 6.04 Å². The summed E-state index contributed by atoms with van der Waals surface area (Å²) in [5, 5.41) is 3.84. The van der Waals surface area contributed by atoms with Crippen molar-refractivity contribution in [3.05, 3.63) is 33.1 Å². The van der Waals surface area contributed by atoms with Crippen LogP contribution in [0.1, 0.15) is 44.3 Å². The van der Waals surface area contributed by atoms with Crippen molar-refractivity contribution in [3.8, 4) is 0 Å². The highest BCUT2D eigenvalue weighted by Gasteiger charge is 2.40. The molecule has 1 aliphatic heterocycles. The third-order valence-electron chi connectivity index (χ3n) is 3.96. The summed E-state index contributed by atoms with van der Waals surface area (Å²) in [6, 6.07) is 1.72. The summed E-state index contributed by atoms with van der Waals surface area (Å²) in [6.45, 7) is 6.29. The number of aryl methyl sites for hydroxylation is 3. The molecule has 0 unspecified atom stereocenters. The lowest BCUT2D eigenvalue weighted by molar-refractivity contribution is 0.0670. The second-order valence-corrected chi connectivity index (χ2v) is 7.03. The Labute approximate surface area is 133 Å². The first-order valence-electron chi connectivity index (χ1n) is 7.20. The molecule has 2 aromatic heterocycles. The van der Waals surface area contributed by atoms with Gasteiger partial charge in [-0.25, -0.2) is 0 Å². The van der Waals surface area contributed by atoms with Crippen molar-refractivity contribution in [2.75, 3.05) is 13.7 Å². The standard InChI is InChI=1S/C15H19N3O3S/c1-8-5-12(9(2)22-8)15(19)18-7-11(20-4)6-13(18)14-16-10(3)17-21-14/h5,11,13H,6-7H2,1-4H3/t11-,13+/m0/s1. The summed E-state index contributed by atoms with van der Waals surface area (Å²) in [4.78, 5) is 21.2. The van der Waals surface area contributed by atoms with E-state index in [-0.39, 0.29) is 18.1 Å². The molecule has 118 valence electrons. The van der Waals surface area contributed by atoms with Gasteiger partial charge < -0.3 is 14.2 Å². The van der Waals surface area contributed by atoms with E-state index in [4.69, 9.17) is 9.26 Å². The monoisotopic (exact) mass is 321 g/mol. The van der Waals surface area contributed by atoms with Gasteiger partial charge in [0.15, 0.2) is 5.82 Å². The topological polar surface area (TPSA) is 68.5 Å². The van der Waals surface area contributed by atoms with Gasteiger partial charge in [0.05, 0.1) is 11.7 Å². The lowest BCUT2D eigenvalue weighted by Gasteiger charge is -2.21. The molecule has 7 heteroatoms. The first-order valence-corrected chi connectivity index (χ1v) is 8.02. The van der Waals surface area contributed by atoms with Crippen LogP contribution in [-0.2, 0) is 4.74 Å². The van der Waals surface area contributed by atoms with Crippen molar-refractivity contribution in [3.63, 3.8) is 0 Å². The zero-order valence-corrected chi connectivity index (χ0v) is 13.9. The van der Waals surface area contributed by atoms with Crippen molar-refractivity contribution >= 4 is 17.2 Å². The van der Waals surface area contributed by atoms with E-state index in [9.17, 15) is 4.79 Å². The maximum atomic E-state index is 12.9. The Kier molecular flexibility index (Phi) is 4.01. The fourth-order valence-electron chi connectivity index (χ4n) is 2.87. The molecule has 22 heavy (non-hydrogen) atoms. The second kappa shape index (κ2) is 5.81. The average molecular weight is 321 g/mol. The number of methoxy groups -OCH3 is 1. The molecule has 0 N–H and O–H groups in total. The van der Waals surface area contributed by atoms with E-state index in [1.54, 1.807) is 30.3 Å². The van der Waals surface area contributed by atoms with Crippen LogP contribution in [0.3, 0.4) is 0 Å². The fourth-order valence-corrected chi connectivity index (χ4v) is 3.79. The molecule has 1 fully saturated rings. The van der Waals surface area contributed by atoms with Crippen LogP contribution < -0.4 is 0 Å². The van der Waals surface area contributed by atoms with Crippen LogP contribution in [0.4, 0.5) is 0 Å². The van der Waals surface area contributed by atoms with Gasteiger partial charge in [-0.15, -0.1) is 11.3 Å². The first-order chi connectivity index (χ1) is 10.5. The maximum absolute atomic E-state index is 12.9. The highest BCUT2D eigenvalue weighted by Crippen LogP contribution is 2.35. The molecule has 2 aromatic rings. The lowest BCUT2D eigenvalue weighted by atomic mass is 10.1. The normalized spacial score (nSPS) is 21.5. The molecule has 3 heterocycles. The van der Waals surface area contributed by atoms with Crippen LogP contribution in [0.5, 0.6) is 0 Å². The molecule has 0 aromatic carbocycles. The number of aromatic nitrogens is 2. The van der Waals surface area contributed by atoms with E-state index in [0.29, 0.717) is 24.7 Å². The van der Waals surface area contributed by atoms with Crippen molar-refractivity contribution in [1.82, 2.24) is 15.0 Å².